The van der Waals surface area contributed by atoms with E-state index in [0.717, 1.165) is 27.8 Å². The Balaban J connectivity index is 1.57. The molecule has 9 nitrogen and oxygen atoms in total. The molecule has 2 unspecified atom stereocenters. The summed E-state index contributed by atoms with van der Waals surface area (Å²) in [6, 6.07) is 11.5. The summed E-state index contributed by atoms with van der Waals surface area (Å²) < 4.78 is 19.6. The summed E-state index contributed by atoms with van der Waals surface area (Å²) in [5, 5.41) is 16.6. The molecule has 2 aromatic carbocycles. The minimum Gasteiger partial charge on any atom is -0.493 e. The molecule has 0 aliphatic carbocycles. The molecule has 4 aromatic rings. The minimum atomic E-state index is -0.436. The number of hydrogen-bond donors (Lipinski definition) is 0. The normalized spacial score (nSPS) is 18.6. The standard InChI is InChI=1S/C24H19N3O6/c1-12-9-19(28)33-23-17(12)7-8-18-22(23)21-14(10-31-18)11-32-24-20(21)13(2)25-26(24)15-3-5-16(6-4-15)27(29)30/h3-9,14,21H,10-11H2,1-2H3. The van der Waals surface area contributed by atoms with Crippen molar-refractivity contribution < 1.29 is 18.8 Å². The van der Waals surface area contributed by atoms with Gasteiger partial charge in [-0.1, -0.05) is 0 Å². The maximum atomic E-state index is 12.2. The quantitative estimate of drug-likeness (QED) is 0.260. The third kappa shape index (κ3) is 2.85. The summed E-state index contributed by atoms with van der Waals surface area (Å²) in [7, 11) is 0. The van der Waals surface area contributed by atoms with E-state index in [-0.39, 0.29) is 17.5 Å². The average Bonchev–Trinajstić information content (AvgIpc) is 3.15. The van der Waals surface area contributed by atoms with Crippen LogP contribution in [-0.4, -0.2) is 27.9 Å². The van der Waals surface area contributed by atoms with E-state index >= 15 is 0 Å². The second-order valence-electron chi connectivity index (χ2n) is 8.45. The summed E-state index contributed by atoms with van der Waals surface area (Å²) in [5.74, 6) is 1.17. The van der Waals surface area contributed by atoms with Gasteiger partial charge in [0.2, 0.25) is 5.88 Å². The van der Waals surface area contributed by atoms with Crippen molar-refractivity contribution in [2.75, 3.05) is 13.2 Å². The van der Waals surface area contributed by atoms with Crippen molar-refractivity contribution in [3.63, 3.8) is 0 Å². The molecular formula is C24H19N3O6. The maximum Gasteiger partial charge on any atom is 0.336 e. The highest BCUT2D eigenvalue weighted by Gasteiger charge is 2.43. The second kappa shape index (κ2) is 6.93. The van der Waals surface area contributed by atoms with Crippen LogP contribution in [0.2, 0.25) is 0 Å². The Morgan fingerprint density at radius 1 is 1.06 bits per heavy atom. The summed E-state index contributed by atoms with van der Waals surface area (Å²) in [5.41, 5.74) is 4.16. The van der Waals surface area contributed by atoms with Crippen LogP contribution in [0.5, 0.6) is 11.6 Å². The van der Waals surface area contributed by atoms with E-state index in [1.165, 1.54) is 18.2 Å². The molecule has 0 bridgehead atoms. The molecule has 33 heavy (non-hydrogen) atoms. The van der Waals surface area contributed by atoms with Crippen LogP contribution in [0.4, 0.5) is 5.69 Å². The zero-order chi connectivity index (χ0) is 22.9. The van der Waals surface area contributed by atoms with Crippen molar-refractivity contribution in [1.82, 2.24) is 9.78 Å². The van der Waals surface area contributed by atoms with Gasteiger partial charge in [-0.05, 0) is 43.7 Å². The van der Waals surface area contributed by atoms with Crippen molar-refractivity contribution in [3.05, 3.63) is 85.4 Å². The van der Waals surface area contributed by atoms with Crippen LogP contribution in [0, 0.1) is 29.9 Å². The number of fused-ring (bicyclic) bond motifs is 7. The molecular weight excluding hydrogens is 426 g/mol. The van der Waals surface area contributed by atoms with Gasteiger partial charge in [-0.3, -0.25) is 10.1 Å². The van der Waals surface area contributed by atoms with Crippen molar-refractivity contribution in [2.24, 2.45) is 5.92 Å². The highest BCUT2D eigenvalue weighted by molar-refractivity contribution is 5.86. The molecule has 0 spiro atoms. The fourth-order valence-electron chi connectivity index (χ4n) is 4.95. The Labute approximate surface area is 187 Å². The predicted octanol–water partition coefficient (Wildman–Crippen LogP) is 4.04. The van der Waals surface area contributed by atoms with E-state index < -0.39 is 10.5 Å². The van der Waals surface area contributed by atoms with E-state index in [9.17, 15) is 14.9 Å². The lowest BCUT2D eigenvalue weighted by Crippen LogP contribution is -2.35. The molecule has 2 aromatic heterocycles. The Kier molecular flexibility index (Phi) is 4.10. The van der Waals surface area contributed by atoms with Crippen LogP contribution >= 0.6 is 0 Å². The highest BCUT2D eigenvalue weighted by Crippen LogP contribution is 2.51. The average molecular weight is 445 g/mol. The molecule has 4 heterocycles. The summed E-state index contributed by atoms with van der Waals surface area (Å²) in [4.78, 5) is 22.8. The molecule has 0 saturated carbocycles. The number of hydrogen-bond acceptors (Lipinski definition) is 7. The SMILES string of the molecule is Cc1nn(-c2ccc([N+](=O)[O-])cc2)c2c1C1c3c(ccc4c(C)cc(=O)oc34)OCC1CO2. The largest absolute Gasteiger partial charge is 0.493 e. The Morgan fingerprint density at radius 3 is 2.58 bits per heavy atom. The summed E-state index contributed by atoms with van der Waals surface area (Å²) in [6.45, 7) is 4.68. The highest BCUT2D eigenvalue weighted by atomic mass is 16.6. The molecule has 9 heteroatoms. The van der Waals surface area contributed by atoms with Crippen molar-refractivity contribution >= 4 is 16.7 Å². The Bertz CT molecular complexity index is 1500. The first kappa shape index (κ1) is 19.5. The molecule has 0 N–H and O–H groups in total. The molecule has 0 fully saturated rings. The van der Waals surface area contributed by atoms with Crippen LogP contribution < -0.4 is 15.1 Å². The van der Waals surface area contributed by atoms with Gasteiger partial charge in [0.1, 0.15) is 11.3 Å². The van der Waals surface area contributed by atoms with Gasteiger partial charge in [-0.25, -0.2) is 9.48 Å². The number of non-ortho nitro benzene ring substituents is 1. The summed E-state index contributed by atoms with van der Waals surface area (Å²) in [6.07, 6.45) is 0. The molecule has 2 aliphatic rings. The number of aryl methyl sites for hydroxylation is 2. The van der Waals surface area contributed by atoms with Gasteiger partial charge in [0.05, 0.1) is 29.5 Å². The Hall–Kier alpha value is -4.14. The molecule has 2 aliphatic heterocycles. The third-order valence-electron chi connectivity index (χ3n) is 6.47. The number of nitrogens with zero attached hydrogens (tertiary/aromatic N) is 3. The number of aromatic nitrogens is 2. The number of benzene rings is 2. The monoisotopic (exact) mass is 445 g/mol. The van der Waals surface area contributed by atoms with Crippen molar-refractivity contribution in [3.8, 4) is 17.3 Å². The van der Waals surface area contributed by atoms with Gasteiger partial charge in [-0.2, -0.15) is 5.10 Å². The third-order valence-corrected chi connectivity index (χ3v) is 6.47. The van der Waals surface area contributed by atoms with Crippen molar-refractivity contribution in [1.29, 1.82) is 0 Å². The Morgan fingerprint density at radius 2 is 1.82 bits per heavy atom. The lowest BCUT2D eigenvalue weighted by atomic mass is 9.77. The number of nitro benzene ring substituents is 1. The van der Waals surface area contributed by atoms with Gasteiger partial charge in [0.25, 0.3) is 5.69 Å². The van der Waals surface area contributed by atoms with Crippen molar-refractivity contribution in [2.45, 2.75) is 19.8 Å². The van der Waals surface area contributed by atoms with E-state index in [1.54, 1.807) is 16.8 Å². The van der Waals surface area contributed by atoms with E-state index in [0.29, 0.717) is 36.1 Å². The zero-order valence-corrected chi connectivity index (χ0v) is 17.9. The lowest BCUT2D eigenvalue weighted by Gasteiger charge is -2.37. The van der Waals surface area contributed by atoms with Crippen LogP contribution in [0.15, 0.2) is 51.7 Å². The molecule has 166 valence electrons. The molecule has 0 amide bonds. The van der Waals surface area contributed by atoms with Crippen LogP contribution in [0.1, 0.15) is 28.3 Å². The zero-order valence-electron chi connectivity index (χ0n) is 17.9. The molecule has 0 saturated heterocycles. The van der Waals surface area contributed by atoms with Gasteiger partial charge >= 0.3 is 5.63 Å². The van der Waals surface area contributed by atoms with E-state index in [2.05, 4.69) is 0 Å². The molecule has 6 rings (SSSR count). The van der Waals surface area contributed by atoms with E-state index in [4.69, 9.17) is 19.0 Å². The van der Waals surface area contributed by atoms with Crippen LogP contribution in [0.3, 0.4) is 0 Å². The minimum absolute atomic E-state index is 0.00713. The molecule has 0 radical (unpaired) electrons. The van der Waals surface area contributed by atoms with Crippen LogP contribution in [0.25, 0.3) is 16.7 Å². The maximum absolute atomic E-state index is 12.2. The van der Waals surface area contributed by atoms with Crippen LogP contribution in [-0.2, 0) is 0 Å². The fraction of sp³-hybridized carbons (Fsp3) is 0.250. The summed E-state index contributed by atoms with van der Waals surface area (Å²) >= 11 is 0. The number of rotatable bonds is 2. The van der Waals surface area contributed by atoms with Gasteiger partial charge in [-0.15, -0.1) is 0 Å². The van der Waals surface area contributed by atoms with E-state index in [1.807, 2.05) is 26.0 Å². The first-order chi connectivity index (χ1) is 15.9. The second-order valence-corrected chi connectivity index (χ2v) is 8.45. The predicted molar refractivity (Wildman–Crippen MR) is 118 cm³/mol. The first-order valence-corrected chi connectivity index (χ1v) is 10.6. The first-order valence-electron chi connectivity index (χ1n) is 10.6. The van der Waals surface area contributed by atoms with Gasteiger partial charge in [0, 0.05) is 46.5 Å². The smallest absolute Gasteiger partial charge is 0.336 e. The topological polar surface area (TPSA) is 110 Å². The molecule has 2 atom stereocenters. The van der Waals surface area contributed by atoms with Gasteiger partial charge < -0.3 is 13.9 Å². The number of ether oxygens (including phenoxy) is 2. The van der Waals surface area contributed by atoms with Gasteiger partial charge in [0.15, 0.2) is 0 Å². The lowest BCUT2D eigenvalue weighted by molar-refractivity contribution is -0.384. The fourth-order valence-corrected chi connectivity index (χ4v) is 4.95. The number of nitro groups is 1.